The molecule has 6 nitrogen and oxygen atoms in total. The van der Waals surface area contributed by atoms with Crippen molar-refractivity contribution in [2.75, 3.05) is 13.2 Å². The number of rotatable bonds is 13. The first-order valence-corrected chi connectivity index (χ1v) is 15.2. The van der Waals surface area contributed by atoms with Gasteiger partial charge < -0.3 is 28.4 Å². The molecule has 0 radical (unpaired) electrons. The molecule has 5 atom stereocenters. The van der Waals surface area contributed by atoms with Crippen molar-refractivity contribution < 1.29 is 28.4 Å². The van der Waals surface area contributed by atoms with E-state index in [-0.39, 0.29) is 0 Å². The minimum absolute atomic E-state index is 0.329. The van der Waals surface area contributed by atoms with Crippen LogP contribution in [0.3, 0.4) is 0 Å². The molecule has 43 heavy (non-hydrogen) atoms. The van der Waals surface area contributed by atoms with E-state index in [4.69, 9.17) is 28.4 Å². The van der Waals surface area contributed by atoms with Crippen LogP contribution in [-0.2, 0) is 54.8 Å². The van der Waals surface area contributed by atoms with Gasteiger partial charge in [0, 0.05) is 6.42 Å². The van der Waals surface area contributed by atoms with Crippen molar-refractivity contribution in [2.45, 2.75) is 69.5 Å². The maximum atomic E-state index is 6.88. The van der Waals surface area contributed by atoms with Gasteiger partial charge in [0.25, 0.3) is 0 Å². The summed E-state index contributed by atoms with van der Waals surface area (Å²) in [6, 6.07) is 40.7. The van der Waals surface area contributed by atoms with Gasteiger partial charge in [-0.05, 0) is 28.7 Å². The lowest BCUT2D eigenvalue weighted by molar-refractivity contribution is -0.371. The van der Waals surface area contributed by atoms with E-state index in [0.29, 0.717) is 46.1 Å². The van der Waals surface area contributed by atoms with E-state index in [1.165, 1.54) is 0 Å². The van der Waals surface area contributed by atoms with Crippen LogP contribution in [0.5, 0.6) is 0 Å². The van der Waals surface area contributed by atoms with Crippen LogP contribution in [0.25, 0.3) is 0 Å². The molecule has 2 heterocycles. The van der Waals surface area contributed by atoms with Gasteiger partial charge in [0.15, 0.2) is 5.79 Å². The second-order valence-corrected chi connectivity index (χ2v) is 11.2. The maximum absolute atomic E-state index is 6.88. The Bertz CT molecular complexity index is 1350. The van der Waals surface area contributed by atoms with Gasteiger partial charge >= 0.3 is 0 Å². The summed E-state index contributed by atoms with van der Waals surface area (Å²) < 4.78 is 39.8. The molecule has 0 N–H and O–H groups in total. The normalized spacial score (nSPS) is 25.2. The largest absolute Gasteiger partial charge is 0.374 e. The third kappa shape index (κ3) is 7.78. The highest BCUT2D eigenvalue weighted by Crippen LogP contribution is 2.43. The van der Waals surface area contributed by atoms with Crippen molar-refractivity contribution in [1.82, 2.24) is 0 Å². The predicted molar refractivity (Wildman–Crippen MR) is 164 cm³/mol. The second-order valence-electron chi connectivity index (χ2n) is 11.2. The standard InChI is InChI=1S/C37H40O6/c1-5-14-29(15-6-1)24-38-28-33-34(39-25-30-16-7-2-8-17-30)35(40-26-31-18-9-3-10-19-31)36(37(43-33)22-13-23-42-37)41-27-32-20-11-4-12-21-32/h1-12,14-21,33-36H,13,22-28H2/t33-,34+,35+,36-,37+/m1/s1. The monoisotopic (exact) mass is 580 g/mol. The highest BCUT2D eigenvalue weighted by atomic mass is 16.7. The first-order valence-electron chi connectivity index (χ1n) is 15.2. The smallest absolute Gasteiger partial charge is 0.197 e. The van der Waals surface area contributed by atoms with Crippen LogP contribution in [0.4, 0.5) is 0 Å². The van der Waals surface area contributed by atoms with Gasteiger partial charge in [-0.2, -0.15) is 0 Å². The van der Waals surface area contributed by atoms with Crippen LogP contribution >= 0.6 is 0 Å². The molecule has 1 spiro atoms. The molecule has 224 valence electrons. The molecule has 0 aromatic heterocycles. The number of hydrogen-bond donors (Lipinski definition) is 0. The van der Waals surface area contributed by atoms with Crippen molar-refractivity contribution >= 4 is 0 Å². The summed E-state index contributed by atoms with van der Waals surface area (Å²) in [5.41, 5.74) is 4.34. The Labute approximate surface area is 254 Å². The molecule has 0 amide bonds. The van der Waals surface area contributed by atoms with Gasteiger partial charge in [-0.1, -0.05) is 121 Å². The van der Waals surface area contributed by atoms with E-state index in [2.05, 4.69) is 48.5 Å². The fraction of sp³-hybridized carbons (Fsp3) is 0.351. The second kappa shape index (κ2) is 14.9. The molecule has 4 aromatic carbocycles. The van der Waals surface area contributed by atoms with Gasteiger partial charge in [0.1, 0.15) is 24.4 Å². The molecule has 6 heteroatoms. The van der Waals surface area contributed by atoms with E-state index in [1.54, 1.807) is 0 Å². The number of benzene rings is 4. The molecular weight excluding hydrogens is 540 g/mol. The minimum Gasteiger partial charge on any atom is -0.374 e. The van der Waals surface area contributed by atoms with Crippen LogP contribution in [0, 0.1) is 0 Å². The van der Waals surface area contributed by atoms with Gasteiger partial charge in [0.2, 0.25) is 0 Å². The van der Waals surface area contributed by atoms with Crippen LogP contribution < -0.4 is 0 Å². The molecule has 0 saturated carbocycles. The van der Waals surface area contributed by atoms with E-state index >= 15 is 0 Å². The molecule has 4 aromatic rings. The fourth-order valence-corrected chi connectivity index (χ4v) is 5.87. The first kappa shape index (κ1) is 29.7. The molecule has 2 aliphatic heterocycles. The molecule has 2 fully saturated rings. The molecule has 0 aliphatic carbocycles. The van der Waals surface area contributed by atoms with Crippen molar-refractivity contribution in [3.05, 3.63) is 144 Å². The van der Waals surface area contributed by atoms with Crippen LogP contribution in [0.1, 0.15) is 35.1 Å². The zero-order valence-electron chi connectivity index (χ0n) is 24.5. The van der Waals surface area contributed by atoms with E-state index in [1.807, 2.05) is 72.8 Å². The third-order valence-electron chi connectivity index (χ3n) is 8.03. The molecule has 0 bridgehead atoms. The fourth-order valence-electron chi connectivity index (χ4n) is 5.87. The predicted octanol–water partition coefficient (Wildman–Crippen LogP) is 6.86. The lowest BCUT2D eigenvalue weighted by Crippen LogP contribution is -2.67. The Morgan fingerprint density at radius 1 is 0.558 bits per heavy atom. The van der Waals surface area contributed by atoms with Crippen LogP contribution in [0.15, 0.2) is 121 Å². The Kier molecular flexibility index (Phi) is 10.3. The lowest BCUT2D eigenvalue weighted by atomic mass is 9.90. The van der Waals surface area contributed by atoms with Crippen LogP contribution in [-0.4, -0.2) is 43.4 Å². The zero-order chi connectivity index (χ0) is 29.2. The summed E-state index contributed by atoms with van der Waals surface area (Å²) in [6.07, 6.45) is -0.282. The molecule has 2 saturated heterocycles. The third-order valence-corrected chi connectivity index (χ3v) is 8.03. The topological polar surface area (TPSA) is 55.4 Å². The summed E-state index contributed by atoms with van der Waals surface area (Å²) in [5, 5.41) is 0. The summed E-state index contributed by atoms with van der Waals surface area (Å²) in [5.74, 6) is -0.955. The Hall–Kier alpha value is -3.36. The summed E-state index contributed by atoms with van der Waals surface area (Å²) in [6.45, 7) is 2.64. The Morgan fingerprint density at radius 2 is 1.02 bits per heavy atom. The van der Waals surface area contributed by atoms with Crippen molar-refractivity contribution in [3.63, 3.8) is 0 Å². The van der Waals surface area contributed by atoms with Crippen molar-refractivity contribution in [3.8, 4) is 0 Å². The highest BCUT2D eigenvalue weighted by Gasteiger charge is 2.59. The highest BCUT2D eigenvalue weighted by molar-refractivity contribution is 5.17. The molecule has 0 unspecified atom stereocenters. The summed E-state index contributed by atoms with van der Waals surface area (Å²) in [4.78, 5) is 0. The van der Waals surface area contributed by atoms with Gasteiger partial charge in [-0.15, -0.1) is 0 Å². The SMILES string of the molecule is c1ccc(COC[C@H]2O[C@@]3(CCCO3)[C@H](OCc3ccccc3)[C@@H](OCc3ccccc3)[C@H]2OCc2ccccc2)cc1. The molecule has 2 aliphatic rings. The minimum atomic E-state index is -0.955. The average Bonchev–Trinajstić information content (AvgIpc) is 3.53. The quantitative estimate of drug-likeness (QED) is 0.172. The molecule has 6 rings (SSSR count). The maximum Gasteiger partial charge on any atom is 0.197 e. The lowest BCUT2D eigenvalue weighted by Gasteiger charge is -2.50. The van der Waals surface area contributed by atoms with Gasteiger partial charge in [-0.3, -0.25) is 0 Å². The van der Waals surface area contributed by atoms with Gasteiger partial charge in [-0.25, -0.2) is 0 Å². The zero-order valence-corrected chi connectivity index (χ0v) is 24.5. The van der Waals surface area contributed by atoms with E-state index in [0.717, 1.165) is 28.7 Å². The van der Waals surface area contributed by atoms with Crippen molar-refractivity contribution in [1.29, 1.82) is 0 Å². The first-order chi connectivity index (χ1) is 21.3. The Balaban J connectivity index is 1.29. The number of hydrogen-bond acceptors (Lipinski definition) is 6. The summed E-state index contributed by atoms with van der Waals surface area (Å²) in [7, 11) is 0. The summed E-state index contributed by atoms with van der Waals surface area (Å²) >= 11 is 0. The average molecular weight is 581 g/mol. The Morgan fingerprint density at radius 3 is 1.51 bits per heavy atom. The van der Waals surface area contributed by atoms with E-state index < -0.39 is 30.2 Å². The molecular formula is C37H40O6. The van der Waals surface area contributed by atoms with Crippen molar-refractivity contribution in [2.24, 2.45) is 0 Å². The van der Waals surface area contributed by atoms with Gasteiger partial charge in [0.05, 0.1) is 39.6 Å². The van der Waals surface area contributed by atoms with Crippen LogP contribution in [0.2, 0.25) is 0 Å². The van der Waals surface area contributed by atoms with E-state index in [9.17, 15) is 0 Å². The number of ether oxygens (including phenoxy) is 6.